The Labute approximate surface area is 134 Å². The summed E-state index contributed by atoms with van der Waals surface area (Å²) in [6.45, 7) is -0.523. The van der Waals surface area contributed by atoms with Crippen molar-refractivity contribution in [3.8, 4) is 0 Å². The first-order chi connectivity index (χ1) is 10.7. The first-order valence-corrected chi connectivity index (χ1v) is 11.6. The lowest BCUT2D eigenvalue weighted by atomic mass is 10.2. The van der Waals surface area contributed by atoms with Crippen molar-refractivity contribution in [3.05, 3.63) is 35.9 Å². The van der Waals surface area contributed by atoms with Gasteiger partial charge in [-0.3, -0.25) is 4.52 Å². The molecule has 0 saturated heterocycles. The molecule has 3 atom stereocenters. The maximum atomic E-state index is 11.5. The van der Waals surface area contributed by atoms with Crippen LogP contribution in [0, 0.1) is 0 Å². The summed E-state index contributed by atoms with van der Waals surface area (Å²) in [5.74, 6) is 0. The van der Waals surface area contributed by atoms with E-state index in [-0.39, 0.29) is 0 Å². The topological polar surface area (TPSA) is 206 Å². The minimum Gasteiger partial charge on any atom is -0.302 e. The van der Waals surface area contributed by atoms with Crippen LogP contribution < -0.4 is 0 Å². The maximum absolute atomic E-state index is 11.5. The van der Waals surface area contributed by atoms with Crippen molar-refractivity contribution in [2.24, 2.45) is 0 Å². The second-order valence-electron chi connectivity index (χ2n) is 3.90. The Hall–Kier alpha value is -0.220. The zero-order chi connectivity index (χ0) is 18.6. The van der Waals surface area contributed by atoms with Gasteiger partial charge >= 0.3 is 31.3 Å². The van der Waals surface area contributed by atoms with Gasteiger partial charge in [-0.05, 0) is 5.56 Å². The molecule has 0 fully saturated rings. The number of rotatable bonds is 9. The van der Waals surface area contributed by atoms with Crippen LogP contribution in [0.1, 0.15) is 5.56 Å². The highest BCUT2D eigenvalue weighted by Crippen LogP contribution is 2.70. The zero-order valence-electron chi connectivity index (χ0n) is 11.4. The molecule has 5 N–H and O–H groups in total. The van der Waals surface area contributed by atoms with Crippen LogP contribution in [0.25, 0.3) is 0 Å². The molecular formula is C7H12O13P4. The Bertz CT molecular complexity index is 740. The fourth-order valence-electron chi connectivity index (χ4n) is 1.18. The van der Waals surface area contributed by atoms with E-state index in [9.17, 15) is 23.2 Å². The summed E-state index contributed by atoms with van der Waals surface area (Å²) in [5, 5.41) is 0. The van der Waals surface area contributed by atoms with Crippen molar-refractivity contribution in [1.82, 2.24) is 0 Å². The van der Waals surface area contributed by atoms with Crippen molar-refractivity contribution in [1.29, 1.82) is 0 Å². The molecule has 0 aromatic heterocycles. The number of phosphoric ester groups is 1. The third-order valence-electron chi connectivity index (χ3n) is 1.86. The number of phosphoric acid groups is 4. The minimum absolute atomic E-state index is 0.390. The van der Waals surface area contributed by atoms with E-state index in [0.717, 1.165) is 0 Å². The van der Waals surface area contributed by atoms with E-state index in [1.165, 1.54) is 12.1 Å². The lowest BCUT2D eigenvalue weighted by Crippen LogP contribution is -1.98. The van der Waals surface area contributed by atoms with E-state index in [1.807, 2.05) is 0 Å². The molecule has 0 amide bonds. The predicted molar refractivity (Wildman–Crippen MR) is 76.0 cm³/mol. The number of benzene rings is 1. The van der Waals surface area contributed by atoms with Crippen LogP contribution in [0.5, 0.6) is 0 Å². The van der Waals surface area contributed by atoms with Crippen LogP contribution in [0.4, 0.5) is 0 Å². The highest BCUT2D eigenvalue weighted by molar-refractivity contribution is 7.69. The molecule has 138 valence electrons. The summed E-state index contributed by atoms with van der Waals surface area (Å²) >= 11 is 0. The van der Waals surface area contributed by atoms with Crippen LogP contribution in [0.15, 0.2) is 30.3 Å². The van der Waals surface area contributed by atoms with E-state index >= 15 is 0 Å². The maximum Gasteiger partial charge on any atom is 0.490 e. The Balaban J connectivity index is 2.70. The summed E-state index contributed by atoms with van der Waals surface area (Å²) in [5.41, 5.74) is 0.390. The van der Waals surface area contributed by atoms with Gasteiger partial charge < -0.3 is 24.5 Å². The largest absolute Gasteiger partial charge is 0.490 e. The molecule has 1 rings (SSSR count). The molecule has 1 aromatic carbocycles. The molecule has 13 nitrogen and oxygen atoms in total. The third kappa shape index (κ3) is 9.31. The highest BCUT2D eigenvalue weighted by atomic mass is 31.3. The van der Waals surface area contributed by atoms with Gasteiger partial charge in [-0.25, -0.2) is 18.3 Å². The predicted octanol–water partition coefficient (Wildman–Crippen LogP) is 1.65. The monoisotopic (exact) mass is 428 g/mol. The van der Waals surface area contributed by atoms with Crippen molar-refractivity contribution in [2.45, 2.75) is 6.61 Å². The molecular weight excluding hydrogens is 416 g/mol. The summed E-state index contributed by atoms with van der Waals surface area (Å²) in [7, 11) is -22.4. The van der Waals surface area contributed by atoms with Crippen LogP contribution >= 0.6 is 31.3 Å². The second kappa shape index (κ2) is 7.99. The average molecular weight is 428 g/mol. The molecule has 0 bridgehead atoms. The lowest BCUT2D eigenvalue weighted by molar-refractivity contribution is 0.165. The number of hydrogen-bond acceptors (Lipinski definition) is 8. The molecule has 0 heterocycles. The summed E-state index contributed by atoms with van der Waals surface area (Å²) in [4.78, 5) is 43.9. The van der Waals surface area contributed by atoms with E-state index < -0.39 is 37.9 Å². The standard InChI is InChI=1S/C7H12O13P4/c8-21(9,10)18-23(13,14)20-24(15,16)19-22(11,12)17-6-7-4-2-1-3-5-7/h1-5H,6H2,(H,11,12)(H,13,14)(H,15,16)(H2,8,9,10). The molecule has 0 radical (unpaired) electrons. The van der Waals surface area contributed by atoms with Crippen LogP contribution in [0.2, 0.25) is 0 Å². The Morgan fingerprint density at radius 1 is 0.708 bits per heavy atom. The number of hydrogen-bond donors (Lipinski definition) is 5. The second-order valence-corrected chi connectivity index (χ2v) is 9.91. The molecule has 0 aliphatic rings. The normalized spacial score (nSPS) is 19.9. The minimum atomic E-state index is -5.79. The fraction of sp³-hybridized carbons (Fsp3) is 0.143. The highest BCUT2D eigenvalue weighted by Gasteiger charge is 2.44. The van der Waals surface area contributed by atoms with Crippen molar-refractivity contribution >= 4 is 31.3 Å². The van der Waals surface area contributed by atoms with Crippen LogP contribution in [-0.2, 0) is 42.3 Å². The zero-order valence-corrected chi connectivity index (χ0v) is 15.0. The summed E-state index contributed by atoms with van der Waals surface area (Å²) in [6, 6.07) is 7.77. The Kier molecular flexibility index (Phi) is 7.26. The molecule has 24 heavy (non-hydrogen) atoms. The molecule has 17 heteroatoms. The molecule has 0 spiro atoms. The van der Waals surface area contributed by atoms with Crippen molar-refractivity contribution in [3.63, 3.8) is 0 Å². The SMILES string of the molecule is O=P(O)(O)OP(=O)(O)OP(=O)(O)OP(=O)(O)OCc1ccccc1. The average Bonchev–Trinajstić information content (AvgIpc) is 2.31. The summed E-state index contributed by atoms with van der Waals surface area (Å²) in [6.07, 6.45) is 0. The summed E-state index contributed by atoms with van der Waals surface area (Å²) < 4.78 is 59.2. The van der Waals surface area contributed by atoms with Crippen LogP contribution in [0.3, 0.4) is 0 Å². The molecule has 1 aromatic rings. The molecule has 0 aliphatic heterocycles. The van der Waals surface area contributed by atoms with Gasteiger partial charge in [0.05, 0.1) is 6.61 Å². The van der Waals surface area contributed by atoms with E-state index in [1.54, 1.807) is 18.2 Å². The van der Waals surface area contributed by atoms with Gasteiger partial charge in [0.1, 0.15) is 0 Å². The Morgan fingerprint density at radius 3 is 1.67 bits per heavy atom. The van der Waals surface area contributed by atoms with Gasteiger partial charge in [-0.15, -0.1) is 0 Å². The van der Waals surface area contributed by atoms with Gasteiger partial charge in [-0.1, -0.05) is 30.3 Å². The van der Waals surface area contributed by atoms with Gasteiger partial charge in [0.25, 0.3) is 0 Å². The fourth-order valence-corrected chi connectivity index (χ4v) is 5.62. The van der Waals surface area contributed by atoms with Crippen LogP contribution in [-0.4, -0.2) is 24.5 Å². The van der Waals surface area contributed by atoms with Crippen molar-refractivity contribution in [2.75, 3.05) is 0 Å². The molecule has 3 unspecified atom stereocenters. The third-order valence-corrected chi connectivity index (χ3v) is 7.29. The van der Waals surface area contributed by atoms with Gasteiger partial charge in [0.2, 0.25) is 0 Å². The lowest BCUT2D eigenvalue weighted by Gasteiger charge is -2.18. The first kappa shape index (κ1) is 21.8. The quantitative estimate of drug-likeness (QED) is 0.355. The molecule has 0 saturated carbocycles. The van der Waals surface area contributed by atoms with Gasteiger partial charge in [0, 0.05) is 0 Å². The van der Waals surface area contributed by atoms with E-state index in [4.69, 9.17) is 19.6 Å². The van der Waals surface area contributed by atoms with Gasteiger partial charge in [0.15, 0.2) is 0 Å². The van der Waals surface area contributed by atoms with Gasteiger partial charge in [-0.2, -0.15) is 12.9 Å². The van der Waals surface area contributed by atoms with E-state index in [0.29, 0.717) is 5.56 Å². The molecule has 0 aliphatic carbocycles. The van der Waals surface area contributed by atoms with Crippen molar-refractivity contribution < 1.29 is 60.2 Å². The smallest absolute Gasteiger partial charge is 0.302 e. The van der Waals surface area contributed by atoms with E-state index in [2.05, 4.69) is 17.5 Å². The first-order valence-electron chi connectivity index (χ1n) is 5.56. The Morgan fingerprint density at radius 2 is 1.17 bits per heavy atom.